The van der Waals surface area contributed by atoms with Gasteiger partial charge in [-0.25, -0.2) is 0 Å². The zero-order chi connectivity index (χ0) is 14.7. The molecule has 1 fully saturated rings. The van der Waals surface area contributed by atoms with Crippen LogP contribution in [0.15, 0.2) is 24.3 Å². The number of methoxy groups -OCH3 is 1. The number of benzene rings is 1. The molecular formula is C14H17ClN4O2. The van der Waals surface area contributed by atoms with Gasteiger partial charge in [0.05, 0.1) is 17.3 Å². The highest BCUT2D eigenvalue weighted by atomic mass is 35.5. The maximum atomic E-state index is 6.10. The van der Waals surface area contributed by atoms with Crippen LogP contribution in [0, 0.1) is 5.92 Å². The molecule has 0 saturated carbocycles. The van der Waals surface area contributed by atoms with E-state index in [0.717, 1.165) is 12.1 Å². The van der Waals surface area contributed by atoms with Crippen molar-refractivity contribution in [3.8, 4) is 0 Å². The van der Waals surface area contributed by atoms with Gasteiger partial charge in [0.15, 0.2) is 5.82 Å². The van der Waals surface area contributed by atoms with Crippen LogP contribution in [0.25, 0.3) is 0 Å². The van der Waals surface area contributed by atoms with Crippen LogP contribution in [-0.2, 0) is 9.47 Å². The number of hydrogen-bond donors (Lipinski definition) is 2. The van der Waals surface area contributed by atoms with Crippen LogP contribution in [0.5, 0.6) is 0 Å². The van der Waals surface area contributed by atoms with Gasteiger partial charge in [-0.05, 0) is 18.6 Å². The van der Waals surface area contributed by atoms with Crippen molar-refractivity contribution in [3.05, 3.63) is 35.1 Å². The first-order chi connectivity index (χ1) is 10.3. The number of aromatic nitrogens is 3. The Morgan fingerprint density at radius 1 is 1.48 bits per heavy atom. The van der Waals surface area contributed by atoms with Gasteiger partial charge in [0.2, 0.25) is 5.95 Å². The third-order valence-corrected chi connectivity index (χ3v) is 3.82. The van der Waals surface area contributed by atoms with E-state index in [9.17, 15) is 0 Å². The molecule has 0 spiro atoms. The molecule has 0 bridgehead atoms. The third kappa shape index (κ3) is 3.18. The number of rotatable bonds is 5. The first-order valence-electron chi connectivity index (χ1n) is 6.82. The number of hydrogen-bond acceptors (Lipinski definition) is 5. The van der Waals surface area contributed by atoms with E-state index in [2.05, 4.69) is 20.5 Å². The lowest BCUT2D eigenvalue weighted by Crippen LogP contribution is -2.14. The number of para-hydroxylation sites is 1. The van der Waals surface area contributed by atoms with Gasteiger partial charge in [-0.2, -0.15) is 4.98 Å². The Balaban J connectivity index is 1.73. The number of nitrogens with zero attached hydrogens (tertiary/aromatic N) is 2. The monoisotopic (exact) mass is 308 g/mol. The van der Waals surface area contributed by atoms with Crippen molar-refractivity contribution in [1.29, 1.82) is 0 Å². The molecule has 6 nitrogen and oxygen atoms in total. The van der Waals surface area contributed by atoms with E-state index in [1.54, 1.807) is 7.11 Å². The maximum absolute atomic E-state index is 6.10. The molecule has 1 aromatic carbocycles. The van der Waals surface area contributed by atoms with Gasteiger partial charge in [0, 0.05) is 19.6 Å². The van der Waals surface area contributed by atoms with Crippen LogP contribution in [0.2, 0.25) is 5.02 Å². The Morgan fingerprint density at radius 3 is 3.14 bits per heavy atom. The molecule has 3 rings (SSSR count). The molecular weight excluding hydrogens is 292 g/mol. The molecule has 0 radical (unpaired) electrons. The Hall–Kier alpha value is -1.63. The summed E-state index contributed by atoms with van der Waals surface area (Å²) < 4.78 is 10.9. The molecule has 0 unspecified atom stereocenters. The highest BCUT2D eigenvalue weighted by Crippen LogP contribution is 2.33. The van der Waals surface area contributed by atoms with Gasteiger partial charge in [-0.15, -0.1) is 5.10 Å². The highest BCUT2D eigenvalue weighted by Gasteiger charge is 2.32. The van der Waals surface area contributed by atoms with Crippen LogP contribution in [0.4, 0.5) is 11.6 Å². The van der Waals surface area contributed by atoms with Gasteiger partial charge < -0.3 is 14.8 Å². The van der Waals surface area contributed by atoms with Crippen molar-refractivity contribution in [1.82, 2.24) is 15.2 Å². The van der Waals surface area contributed by atoms with Crippen molar-refractivity contribution in [2.75, 3.05) is 25.6 Å². The molecule has 7 heteroatoms. The molecule has 2 atom stereocenters. The predicted octanol–water partition coefficient (Wildman–Crippen LogP) is 2.93. The van der Waals surface area contributed by atoms with Gasteiger partial charge in [0.25, 0.3) is 0 Å². The number of anilines is 2. The van der Waals surface area contributed by atoms with Crippen LogP contribution in [0.1, 0.15) is 18.3 Å². The minimum atomic E-state index is -0.0979. The Kier molecular flexibility index (Phi) is 4.38. The van der Waals surface area contributed by atoms with Crippen molar-refractivity contribution in [2.24, 2.45) is 5.92 Å². The molecule has 2 heterocycles. The lowest BCUT2D eigenvalue weighted by molar-refractivity contribution is 0.0539. The molecule has 21 heavy (non-hydrogen) atoms. The first-order valence-corrected chi connectivity index (χ1v) is 7.20. The summed E-state index contributed by atoms with van der Waals surface area (Å²) >= 11 is 6.10. The lowest BCUT2D eigenvalue weighted by atomic mass is 10.0. The molecule has 112 valence electrons. The number of aromatic amines is 1. The Bertz CT molecular complexity index is 604. The molecule has 0 aliphatic carbocycles. The summed E-state index contributed by atoms with van der Waals surface area (Å²) in [5, 5.41) is 10.8. The van der Waals surface area contributed by atoms with Crippen molar-refractivity contribution in [2.45, 2.75) is 12.5 Å². The van der Waals surface area contributed by atoms with E-state index in [1.165, 1.54) is 0 Å². The summed E-state index contributed by atoms with van der Waals surface area (Å²) in [6.07, 6.45) is 0.867. The van der Waals surface area contributed by atoms with E-state index >= 15 is 0 Å². The summed E-state index contributed by atoms with van der Waals surface area (Å²) in [6.45, 7) is 1.37. The van der Waals surface area contributed by atoms with Crippen molar-refractivity contribution < 1.29 is 9.47 Å². The normalized spacial score (nSPS) is 21.6. The zero-order valence-corrected chi connectivity index (χ0v) is 12.4. The van der Waals surface area contributed by atoms with E-state index in [0.29, 0.717) is 35.9 Å². The zero-order valence-electron chi connectivity index (χ0n) is 11.7. The predicted molar refractivity (Wildman–Crippen MR) is 79.8 cm³/mol. The minimum Gasteiger partial charge on any atom is -0.384 e. The van der Waals surface area contributed by atoms with Gasteiger partial charge in [-0.1, -0.05) is 23.7 Å². The fourth-order valence-corrected chi connectivity index (χ4v) is 2.64. The average molecular weight is 309 g/mol. The number of H-pyrrole nitrogens is 1. The molecule has 0 amide bonds. The van der Waals surface area contributed by atoms with Gasteiger partial charge in [-0.3, -0.25) is 5.10 Å². The number of nitrogens with one attached hydrogen (secondary N) is 2. The van der Waals surface area contributed by atoms with Crippen LogP contribution >= 0.6 is 11.6 Å². The van der Waals surface area contributed by atoms with Gasteiger partial charge >= 0.3 is 0 Å². The average Bonchev–Trinajstić information content (AvgIpc) is 3.11. The molecule has 1 aliphatic heterocycles. The van der Waals surface area contributed by atoms with E-state index in [4.69, 9.17) is 21.1 Å². The summed E-state index contributed by atoms with van der Waals surface area (Å²) in [4.78, 5) is 4.44. The summed E-state index contributed by atoms with van der Waals surface area (Å²) in [7, 11) is 1.69. The Morgan fingerprint density at radius 2 is 2.33 bits per heavy atom. The summed E-state index contributed by atoms with van der Waals surface area (Å²) in [5.74, 6) is 1.49. The fraction of sp³-hybridized carbons (Fsp3) is 0.429. The lowest BCUT2D eigenvalue weighted by Gasteiger charge is -2.14. The van der Waals surface area contributed by atoms with E-state index in [-0.39, 0.29) is 6.10 Å². The van der Waals surface area contributed by atoms with Crippen LogP contribution in [0.3, 0.4) is 0 Å². The minimum absolute atomic E-state index is 0.0979. The van der Waals surface area contributed by atoms with Crippen LogP contribution < -0.4 is 5.32 Å². The van der Waals surface area contributed by atoms with E-state index in [1.807, 2.05) is 24.3 Å². The molecule has 1 aromatic heterocycles. The highest BCUT2D eigenvalue weighted by molar-refractivity contribution is 6.33. The molecule has 1 aliphatic rings. The molecule has 2 N–H and O–H groups in total. The standard InChI is InChI=1S/C14H17ClN4O2/c1-20-8-9-6-7-21-12(9)13-17-14(19-18-13)16-11-5-3-2-4-10(11)15/h2-5,9,12H,6-8H2,1H3,(H2,16,17,18,19)/t9-,12-/m0/s1. The van der Waals surface area contributed by atoms with E-state index < -0.39 is 0 Å². The summed E-state index contributed by atoms with van der Waals surface area (Å²) in [5.41, 5.74) is 0.769. The second-order valence-corrected chi connectivity index (χ2v) is 5.35. The topological polar surface area (TPSA) is 72.1 Å². The van der Waals surface area contributed by atoms with Crippen molar-refractivity contribution >= 4 is 23.2 Å². The summed E-state index contributed by atoms with van der Waals surface area (Å²) in [6, 6.07) is 7.46. The van der Waals surface area contributed by atoms with Gasteiger partial charge in [0.1, 0.15) is 6.10 Å². The smallest absolute Gasteiger partial charge is 0.246 e. The SMILES string of the molecule is COC[C@@H]1CCO[C@@H]1c1nc(Nc2ccccc2Cl)n[nH]1. The second-order valence-electron chi connectivity index (χ2n) is 4.94. The second kappa shape index (κ2) is 6.43. The van der Waals surface area contributed by atoms with Crippen molar-refractivity contribution in [3.63, 3.8) is 0 Å². The third-order valence-electron chi connectivity index (χ3n) is 3.49. The maximum Gasteiger partial charge on any atom is 0.246 e. The molecule has 2 aromatic rings. The number of halogens is 1. The fourth-order valence-electron chi connectivity index (χ4n) is 2.46. The largest absolute Gasteiger partial charge is 0.384 e. The quantitative estimate of drug-likeness (QED) is 0.888. The number of ether oxygens (including phenoxy) is 2. The Labute approximate surface area is 127 Å². The molecule has 1 saturated heterocycles. The van der Waals surface area contributed by atoms with Crippen LogP contribution in [-0.4, -0.2) is 35.5 Å². The first kappa shape index (κ1) is 14.3.